The average Bonchev–Trinajstić information content (AvgIpc) is 2.94. The molecule has 0 aliphatic rings. The highest BCUT2D eigenvalue weighted by atomic mass is 14.9. The van der Waals surface area contributed by atoms with Crippen LogP contribution < -0.4 is 5.32 Å². The summed E-state index contributed by atoms with van der Waals surface area (Å²) in [5, 5.41) is 6.13. The molecule has 0 aliphatic heterocycles. The first-order valence-electron chi connectivity index (χ1n) is 11.9. The zero-order chi connectivity index (χ0) is 23.5. The molecule has 0 atom stereocenters. The van der Waals surface area contributed by atoms with Crippen molar-refractivity contribution >= 4 is 22.1 Å². The van der Waals surface area contributed by atoms with Crippen LogP contribution >= 0.6 is 0 Å². The topological polar surface area (TPSA) is 12.0 Å². The molecule has 0 saturated carbocycles. The number of fused-ring (bicyclic) bond motifs is 1. The Morgan fingerprint density at radius 1 is 0.286 bits per heavy atom. The van der Waals surface area contributed by atoms with Gasteiger partial charge in [0.1, 0.15) is 0 Å². The lowest BCUT2D eigenvalue weighted by atomic mass is 9.99. The average molecular weight is 448 g/mol. The van der Waals surface area contributed by atoms with E-state index in [1.807, 2.05) is 0 Å². The predicted molar refractivity (Wildman–Crippen MR) is 150 cm³/mol. The zero-order valence-electron chi connectivity index (χ0n) is 19.4. The molecule has 0 bridgehead atoms. The third-order valence-corrected chi connectivity index (χ3v) is 6.40. The van der Waals surface area contributed by atoms with Crippen LogP contribution in [0.3, 0.4) is 0 Å². The standard InChI is InChI=1S/C34H25N/c1-2-9-25(10-3-1)28-13-6-14-29(21-28)30-15-7-17-33(23-30)35-34-18-8-16-31(24-34)32-20-19-26-11-4-5-12-27(26)22-32/h1-24,35H. The Labute approximate surface area is 206 Å². The second-order valence-electron chi connectivity index (χ2n) is 8.80. The molecule has 0 unspecified atom stereocenters. The number of hydrogen-bond acceptors (Lipinski definition) is 1. The summed E-state index contributed by atoms with van der Waals surface area (Å²) in [6.07, 6.45) is 0. The Bertz CT molecular complexity index is 1620. The van der Waals surface area contributed by atoms with Crippen LogP contribution in [0.1, 0.15) is 0 Å². The molecule has 0 aliphatic carbocycles. The van der Waals surface area contributed by atoms with E-state index in [1.54, 1.807) is 0 Å². The summed E-state index contributed by atoms with van der Waals surface area (Å²) in [6.45, 7) is 0. The minimum atomic E-state index is 1.07. The van der Waals surface area contributed by atoms with E-state index in [2.05, 4.69) is 151 Å². The Morgan fingerprint density at radius 2 is 0.771 bits per heavy atom. The van der Waals surface area contributed by atoms with Crippen molar-refractivity contribution in [2.75, 3.05) is 5.32 Å². The predicted octanol–water partition coefficient (Wildman–Crippen LogP) is 9.58. The van der Waals surface area contributed by atoms with Crippen LogP contribution in [-0.2, 0) is 0 Å². The lowest BCUT2D eigenvalue weighted by Crippen LogP contribution is -1.91. The first-order valence-corrected chi connectivity index (χ1v) is 11.9. The van der Waals surface area contributed by atoms with E-state index in [0.29, 0.717) is 0 Å². The first kappa shape index (κ1) is 20.9. The zero-order valence-corrected chi connectivity index (χ0v) is 19.4. The third kappa shape index (κ3) is 4.58. The fourth-order valence-corrected chi connectivity index (χ4v) is 4.60. The van der Waals surface area contributed by atoms with Gasteiger partial charge in [-0.3, -0.25) is 0 Å². The molecule has 6 aromatic rings. The molecule has 6 rings (SSSR count). The van der Waals surface area contributed by atoms with Crippen molar-refractivity contribution in [2.24, 2.45) is 0 Å². The van der Waals surface area contributed by atoms with Crippen molar-refractivity contribution in [3.63, 3.8) is 0 Å². The van der Waals surface area contributed by atoms with Crippen LogP contribution in [0.5, 0.6) is 0 Å². The summed E-state index contributed by atoms with van der Waals surface area (Å²) < 4.78 is 0. The Hall–Kier alpha value is -4.62. The smallest absolute Gasteiger partial charge is 0.0390 e. The van der Waals surface area contributed by atoms with Crippen LogP contribution in [0.2, 0.25) is 0 Å². The quantitative estimate of drug-likeness (QED) is 0.277. The fourth-order valence-electron chi connectivity index (χ4n) is 4.60. The second kappa shape index (κ2) is 9.32. The fraction of sp³-hybridized carbons (Fsp3) is 0. The van der Waals surface area contributed by atoms with E-state index in [4.69, 9.17) is 0 Å². The summed E-state index contributed by atoms with van der Waals surface area (Å²) in [6, 6.07) is 51.6. The molecule has 166 valence electrons. The maximum atomic E-state index is 3.61. The van der Waals surface area contributed by atoms with E-state index in [9.17, 15) is 0 Å². The van der Waals surface area contributed by atoms with Gasteiger partial charge in [0.15, 0.2) is 0 Å². The number of rotatable bonds is 5. The lowest BCUT2D eigenvalue weighted by Gasteiger charge is -2.12. The van der Waals surface area contributed by atoms with Gasteiger partial charge in [-0.1, -0.05) is 109 Å². The maximum Gasteiger partial charge on any atom is 0.0390 e. The van der Waals surface area contributed by atoms with E-state index in [0.717, 1.165) is 11.4 Å². The number of nitrogens with one attached hydrogen (secondary N) is 1. The number of hydrogen-bond donors (Lipinski definition) is 1. The lowest BCUT2D eigenvalue weighted by molar-refractivity contribution is 1.53. The van der Waals surface area contributed by atoms with Crippen molar-refractivity contribution in [2.45, 2.75) is 0 Å². The molecule has 1 heteroatoms. The van der Waals surface area contributed by atoms with Crippen LogP contribution in [0.15, 0.2) is 146 Å². The largest absolute Gasteiger partial charge is 0.355 e. The highest BCUT2D eigenvalue weighted by molar-refractivity contribution is 5.88. The summed E-state index contributed by atoms with van der Waals surface area (Å²) in [5.41, 5.74) is 9.43. The molecule has 0 aromatic heterocycles. The van der Waals surface area contributed by atoms with Crippen molar-refractivity contribution < 1.29 is 0 Å². The van der Waals surface area contributed by atoms with Gasteiger partial charge in [0, 0.05) is 11.4 Å². The van der Waals surface area contributed by atoms with Crippen molar-refractivity contribution in [1.29, 1.82) is 0 Å². The Morgan fingerprint density at radius 3 is 1.46 bits per heavy atom. The van der Waals surface area contributed by atoms with Gasteiger partial charge >= 0.3 is 0 Å². The highest BCUT2D eigenvalue weighted by Crippen LogP contribution is 2.31. The van der Waals surface area contributed by atoms with Crippen molar-refractivity contribution in [3.05, 3.63) is 146 Å². The van der Waals surface area contributed by atoms with Crippen molar-refractivity contribution in [3.8, 4) is 33.4 Å². The molecule has 0 radical (unpaired) electrons. The van der Waals surface area contributed by atoms with Crippen LogP contribution in [0.4, 0.5) is 11.4 Å². The molecule has 1 nitrogen and oxygen atoms in total. The molecule has 0 spiro atoms. The molecule has 0 fully saturated rings. The molecular formula is C34H25N. The van der Waals surface area contributed by atoms with Crippen LogP contribution in [-0.4, -0.2) is 0 Å². The summed E-state index contributed by atoms with van der Waals surface area (Å²) in [7, 11) is 0. The number of benzene rings is 6. The van der Waals surface area contributed by atoms with Crippen molar-refractivity contribution in [1.82, 2.24) is 0 Å². The molecule has 1 N–H and O–H groups in total. The summed E-state index contributed by atoms with van der Waals surface area (Å²) in [5.74, 6) is 0. The first-order chi connectivity index (χ1) is 17.3. The van der Waals surface area contributed by atoms with E-state index < -0.39 is 0 Å². The van der Waals surface area contributed by atoms with E-state index >= 15 is 0 Å². The van der Waals surface area contributed by atoms with E-state index in [1.165, 1.54) is 44.2 Å². The minimum absolute atomic E-state index is 1.07. The van der Waals surface area contributed by atoms with Gasteiger partial charge in [0.2, 0.25) is 0 Å². The Balaban J connectivity index is 1.27. The third-order valence-electron chi connectivity index (χ3n) is 6.40. The molecule has 0 saturated heterocycles. The van der Waals surface area contributed by atoms with Gasteiger partial charge in [0.05, 0.1) is 0 Å². The molecule has 0 heterocycles. The molecule has 6 aromatic carbocycles. The van der Waals surface area contributed by atoms with Crippen LogP contribution in [0.25, 0.3) is 44.2 Å². The van der Waals surface area contributed by atoms with Gasteiger partial charge in [-0.05, 0) is 80.6 Å². The molecule has 35 heavy (non-hydrogen) atoms. The van der Waals surface area contributed by atoms with E-state index in [-0.39, 0.29) is 0 Å². The summed E-state index contributed by atoms with van der Waals surface area (Å²) in [4.78, 5) is 0. The second-order valence-corrected chi connectivity index (χ2v) is 8.80. The minimum Gasteiger partial charge on any atom is -0.355 e. The Kier molecular flexibility index (Phi) is 5.58. The highest BCUT2D eigenvalue weighted by Gasteiger charge is 2.05. The molecular weight excluding hydrogens is 422 g/mol. The molecule has 0 amide bonds. The monoisotopic (exact) mass is 447 g/mol. The van der Waals surface area contributed by atoms with Gasteiger partial charge in [-0.2, -0.15) is 0 Å². The maximum absolute atomic E-state index is 3.61. The van der Waals surface area contributed by atoms with Crippen LogP contribution in [0, 0.1) is 0 Å². The summed E-state index contributed by atoms with van der Waals surface area (Å²) >= 11 is 0. The van der Waals surface area contributed by atoms with Gasteiger partial charge in [-0.15, -0.1) is 0 Å². The SMILES string of the molecule is c1ccc(-c2cccc(-c3cccc(Nc4cccc(-c5ccc6ccccc6c5)c4)c3)c2)cc1. The van der Waals surface area contributed by atoms with Gasteiger partial charge < -0.3 is 5.32 Å². The van der Waals surface area contributed by atoms with Gasteiger partial charge in [0.25, 0.3) is 0 Å². The normalized spacial score (nSPS) is 10.9. The number of anilines is 2. The van der Waals surface area contributed by atoms with Gasteiger partial charge in [-0.25, -0.2) is 0 Å².